The minimum Gasteiger partial charge on any atom is -0.376 e. The molecule has 100 valence electrons. The molecule has 1 aliphatic heterocycles. The Bertz CT molecular complexity index is 386. The summed E-state index contributed by atoms with van der Waals surface area (Å²) in [6.45, 7) is 8.18. The number of benzene rings is 1. The first-order valence-corrected chi connectivity index (χ1v) is 6.77. The third-order valence-electron chi connectivity index (χ3n) is 3.72. The second-order valence-corrected chi connectivity index (χ2v) is 5.18. The van der Waals surface area contributed by atoms with Crippen molar-refractivity contribution in [2.45, 2.75) is 26.4 Å². The first-order chi connectivity index (χ1) is 8.66. The van der Waals surface area contributed by atoms with E-state index in [9.17, 15) is 0 Å². The summed E-state index contributed by atoms with van der Waals surface area (Å²) in [6, 6.07) is 6.65. The van der Waals surface area contributed by atoms with E-state index in [0.717, 1.165) is 32.7 Å². The van der Waals surface area contributed by atoms with Crippen LogP contribution in [-0.2, 0) is 4.74 Å². The second kappa shape index (κ2) is 6.21. The van der Waals surface area contributed by atoms with Crippen LogP contribution in [0.2, 0.25) is 0 Å². The van der Waals surface area contributed by atoms with Crippen LogP contribution in [0.1, 0.15) is 17.5 Å². The maximum absolute atomic E-state index is 5.72. The number of ether oxygens (including phenoxy) is 1. The lowest BCUT2D eigenvalue weighted by atomic mass is 10.1. The van der Waals surface area contributed by atoms with Crippen molar-refractivity contribution in [3.63, 3.8) is 0 Å². The van der Waals surface area contributed by atoms with E-state index in [2.05, 4.69) is 49.3 Å². The zero-order valence-corrected chi connectivity index (χ0v) is 11.7. The van der Waals surface area contributed by atoms with Gasteiger partial charge in [-0.25, -0.2) is 0 Å². The summed E-state index contributed by atoms with van der Waals surface area (Å²) < 4.78 is 5.72. The number of aryl methyl sites for hydroxylation is 2. The topological polar surface area (TPSA) is 24.5 Å². The molecule has 2 rings (SSSR count). The highest BCUT2D eigenvalue weighted by Crippen LogP contribution is 2.18. The van der Waals surface area contributed by atoms with Gasteiger partial charge in [0, 0.05) is 32.4 Å². The Morgan fingerprint density at radius 3 is 2.83 bits per heavy atom. The normalized spacial score (nSPS) is 19.8. The largest absolute Gasteiger partial charge is 0.376 e. The molecule has 3 heteroatoms. The lowest BCUT2D eigenvalue weighted by Gasteiger charge is -2.27. The highest BCUT2D eigenvalue weighted by Gasteiger charge is 2.14. The van der Waals surface area contributed by atoms with Crippen LogP contribution in [0, 0.1) is 13.8 Å². The Kier molecular flexibility index (Phi) is 4.61. The van der Waals surface area contributed by atoms with Crippen molar-refractivity contribution in [2.75, 3.05) is 38.2 Å². The van der Waals surface area contributed by atoms with E-state index in [0.29, 0.717) is 6.10 Å². The van der Waals surface area contributed by atoms with Crippen molar-refractivity contribution in [1.29, 1.82) is 0 Å². The summed E-state index contributed by atoms with van der Waals surface area (Å²) in [5.74, 6) is 0. The summed E-state index contributed by atoms with van der Waals surface area (Å²) in [7, 11) is 2.15. The standard InChI is InChI=1S/C15H24N2O/c1-12-4-5-14(10-13(12)2)17(3)8-6-15-11-16-7-9-18-15/h4-5,10,15-16H,6-9,11H2,1-3H3. The SMILES string of the molecule is Cc1ccc(N(C)CCC2CNCCO2)cc1C. The van der Waals surface area contributed by atoms with Gasteiger partial charge in [0.25, 0.3) is 0 Å². The third-order valence-corrected chi connectivity index (χ3v) is 3.72. The molecule has 0 aromatic heterocycles. The quantitative estimate of drug-likeness (QED) is 0.883. The van der Waals surface area contributed by atoms with Crippen LogP contribution in [0.4, 0.5) is 5.69 Å². The maximum atomic E-state index is 5.72. The first kappa shape index (κ1) is 13.4. The van der Waals surface area contributed by atoms with Crippen LogP contribution in [-0.4, -0.2) is 39.4 Å². The predicted octanol–water partition coefficient (Wildman–Crippen LogP) is 2.12. The summed E-state index contributed by atoms with van der Waals surface area (Å²) in [5.41, 5.74) is 4.00. The molecule has 1 heterocycles. The van der Waals surface area contributed by atoms with E-state index in [-0.39, 0.29) is 0 Å². The van der Waals surface area contributed by atoms with E-state index < -0.39 is 0 Å². The maximum Gasteiger partial charge on any atom is 0.0716 e. The van der Waals surface area contributed by atoms with Crippen LogP contribution in [0.3, 0.4) is 0 Å². The van der Waals surface area contributed by atoms with Gasteiger partial charge in [0.05, 0.1) is 12.7 Å². The highest BCUT2D eigenvalue weighted by atomic mass is 16.5. The first-order valence-electron chi connectivity index (χ1n) is 6.77. The molecule has 1 aliphatic rings. The zero-order chi connectivity index (χ0) is 13.0. The number of hydrogen-bond acceptors (Lipinski definition) is 3. The zero-order valence-electron chi connectivity index (χ0n) is 11.7. The van der Waals surface area contributed by atoms with Gasteiger partial charge in [0.15, 0.2) is 0 Å². The van der Waals surface area contributed by atoms with Crippen LogP contribution in [0.5, 0.6) is 0 Å². The van der Waals surface area contributed by atoms with Gasteiger partial charge >= 0.3 is 0 Å². The van der Waals surface area contributed by atoms with Crippen molar-refractivity contribution in [3.05, 3.63) is 29.3 Å². The molecule has 1 saturated heterocycles. The van der Waals surface area contributed by atoms with Gasteiger partial charge in [-0.05, 0) is 43.5 Å². The average Bonchev–Trinajstić information content (AvgIpc) is 2.40. The molecule has 1 N–H and O–H groups in total. The molecule has 1 aromatic carbocycles. The van der Waals surface area contributed by atoms with Crippen molar-refractivity contribution in [2.24, 2.45) is 0 Å². The Balaban J connectivity index is 1.86. The number of anilines is 1. The molecule has 1 unspecified atom stereocenters. The molecule has 0 aliphatic carbocycles. The minimum absolute atomic E-state index is 0.368. The summed E-state index contributed by atoms with van der Waals surface area (Å²) in [4.78, 5) is 2.31. The van der Waals surface area contributed by atoms with Gasteiger partial charge in [-0.15, -0.1) is 0 Å². The molecular formula is C15H24N2O. The van der Waals surface area contributed by atoms with Crippen LogP contribution in [0.15, 0.2) is 18.2 Å². The van der Waals surface area contributed by atoms with Gasteiger partial charge < -0.3 is 15.0 Å². The van der Waals surface area contributed by atoms with E-state index >= 15 is 0 Å². The lowest BCUT2D eigenvalue weighted by molar-refractivity contribution is 0.0250. The molecule has 0 amide bonds. The van der Waals surface area contributed by atoms with Crippen LogP contribution < -0.4 is 10.2 Å². The van der Waals surface area contributed by atoms with Gasteiger partial charge in [-0.3, -0.25) is 0 Å². The number of hydrogen-bond donors (Lipinski definition) is 1. The molecule has 0 bridgehead atoms. The predicted molar refractivity (Wildman–Crippen MR) is 76.4 cm³/mol. The van der Waals surface area contributed by atoms with Crippen molar-refractivity contribution in [1.82, 2.24) is 5.32 Å². The molecule has 1 fully saturated rings. The van der Waals surface area contributed by atoms with E-state index in [1.54, 1.807) is 0 Å². The summed E-state index contributed by atoms with van der Waals surface area (Å²) in [6.07, 6.45) is 1.45. The number of rotatable bonds is 4. The fourth-order valence-electron chi connectivity index (χ4n) is 2.23. The Morgan fingerprint density at radius 1 is 1.33 bits per heavy atom. The fraction of sp³-hybridized carbons (Fsp3) is 0.600. The highest BCUT2D eigenvalue weighted by molar-refractivity contribution is 5.49. The van der Waals surface area contributed by atoms with Crippen molar-refractivity contribution >= 4 is 5.69 Å². The second-order valence-electron chi connectivity index (χ2n) is 5.18. The van der Waals surface area contributed by atoms with Crippen LogP contribution in [0.25, 0.3) is 0 Å². The Hall–Kier alpha value is -1.06. The summed E-state index contributed by atoms with van der Waals surface area (Å²) in [5, 5.41) is 3.37. The Labute approximate surface area is 110 Å². The molecule has 0 radical (unpaired) electrons. The monoisotopic (exact) mass is 248 g/mol. The molecule has 0 saturated carbocycles. The van der Waals surface area contributed by atoms with E-state index in [4.69, 9.17) is 4.74 Å². The number of nitrogens with zero attached hydrogens (tertiary/aromatic N) is 1. The summed E-state index contributed by atoms with van der Waals surface area (Å²) >= 11 is 0. The molecule has 18 heavy (non-hydrogen) atoms. The van der Waals surface area contributed by atoms with Crippen molar-refractivity contribution in [3.8, 4) is 0 Å². The van der Waals surface area contributed by atoms with E-state index in [1.165, 1.54) is 16.8 Å². The van der Waals surface area contributed by atoms with Crippen LogP contribution >= 0.6 is 0 Å². The van der Waals surface area contributed by atoms with E-state index in [1.807, 2.05) is 0 Å². The molecule has 1 atom stereocenters. The molecule has 0 spiro atoms. The van der Waals surface area contributed by atoms with Gasteiger partial charge in [-0.1, -0.05) is 6.07 Å². The number of nitrogens with one attached hydrogen (secondary N) is 1. The van der Waals surface area contributed by atoms with Gasteiger partial charge in [0.2, 0.25) is 0 Å². The third kappa shape index (κ3) is 3.47. The lowest BCUT2D eigenvalue weighted by Crippen LogP contribution is -2.40. The van der Waals surface area contributed by atoms with Gasteiger partial charge in [0.1, 0.15) is 0 Å². The molecule has 3 nitrogen and oxygen atoms in total. The molecule has 1 aromatic rings. The van der Waals surface area contributed by atoms with Gasteiger partial charge in [-0.2, -0.15) is 0 Å². The fourth-order valence-corrected chi connectivity index (χ4v) is 2.23. The molecular weight excluding hydrogens is 224 g/mol. The average molecular weight is 248 g/mol. The Morgan fingerprint density at radius 2 is 2.17 bits per heavy atom. The van der Waals surface area contributed by atoms with Crippen molar-refractivity contribution < 1.29 is 4.74 Å². The number of morpholine rings is 1. The smallest absolute Gasteiger partial charge is 0.0716 e. The minimum atomic E-state index is 0.368.